The van der Waals surface area contributed by atoms with Crippen molar-refractivity contribution in [1.82, 2.24) is 0 Å². The maximum absolute atomic E-state index is 5.54. The minimum atomic E-state index is 0.671. The largest absolute Gasteiger partial charge is 0.493 e. The van der Waals surface area contributed by atoms with E-state index in [-0.39, 0.29) is 0 Å². The lowest BCUT2D eigenvalue weighted by Gasteiger charge is -2.24. The van der Waals surface area contributed by atoms with Gasteiger partial charge in [-0.1, -0.05) is 13.0 Å². The first-order valence-electron chi connectivity index (χ1n) is 4.22. The molecule has 1 aliphatic rings. The molecule has 0 aromatic carbocycles. The lowest BCUT2D eigenvalue weighted by Crippen LogP contribution is -2.15. The van der Waals surface area contributed by atoms with Gasteiger partial charge in [0.2, 0.25) is 0 Å². The molecular formula is C10H16O. The highest BCUT2D eigenvalue weighted by Crippen LogP contribution is 2.26. The Kier molecular flexibility index (Phi) is 2.75. The van der Waals surface area contributed by atoms with Crippen LogP contribution in [0.3, 0.4) is 0 Å². The smallest absolute Gasteiger partial charge is 0.117 e. The third kappa shape index (κ3) is 1.86. The Hall–Kier alpha value is -0.720. The van der Waals surface area contributed by atoms with Gasteiger partial charge in [-0.3, -0.25) is 0 Å². The van der Waals surface area contributed by atoms with E-state index in [0.29, 0.717) is 5.92 Å². The van der Waals surface area contributed by atoms with Crippen molar-refractivity contribution in [2.45, 2.75) is 27.2 Å². The summed E-state index contributed by atoms with van der Waals surface area (Å²) in [6, 6.07) is 0. The summed E-state index contributed by atoms with van der Waals surface area (Å²) < 4.78 is 5.54. The molecule has 1 rings (SSSR count). The third-order valence-electron chi connectivity index (χ3n) is 2.02. The second-order valence-corrected chi connectivity index (χ2v) is 3.09. The van der Waals surface area contributed by atoms with Gasteiger partial charge in [0.05, 0.1) is 6.61 Å². The van der Waals surface area contributed by atoms with Crippen LogP contribution in [-0.4, -0.2) is 6.61 Å². The molecule has 0 aromatic heterocycles. The summed E-state index contributed by atoms with van der Waals surface area (Å²) >= 11 is 0. The molecule has 1 saturated heterocycles. The van der Waals surface area contributed by atoms with E-state index in [9.17, 15) is 0 Å². The van der Waals surface area contributed by atoms with Gasteiger partial charge in [0.25, 0.3) is 0 Å². The van der Waals surface area contributed by atoms with E-state index in [1.807, 2.05) is 13.0 Å². The minimum Gasteiger partial charge on any atom is -0.493 e. The van der Waals surface area contributed by atoms with Crippen molar-refractivity contribution in [3.05, 3.63) is 23.5 Å². The molecule has 0 N–H and O–H groups in total. The van der Waals surface area contributed by atoms with Crippen LogP contribution >= 0.6 is 0 Å². The van der Waals surface area contributed by atoms with Crippen molar-refractivity contribution in [3.63, 3.8) is 0 Å². The van der Waals surface area contributed by atoms with Crippen LogP contribution in [0.4, 0.5) is 0 Å². The molecule has 1 fully saturated rings. The van der Waals surface area contributed by atoms with Gasteiger partial charge in [-0.15, -0.1) is 0 Å². The molecule has 1 aliphatic heterocycles. The Morgan fingerprint density at radius 2 is 2.09 bits per heavy atom. The Labute approximate surface area is 68.8 Å². The highest BCUT2D eigenvalue weighted by Gasteiger charge is 2.16. The zero-order valence-corrected chi connectivity index (χ0v) is 7.55. The van der Waals surface area contributed by atoms with Crippen molar-refractivity contribution in [1.29, 1.82) is 0 Å². The molecule has 62 valence electrons. The Morgan fingerprint density at radius 1 is 1.36 bits per heavy atom. The number of allylic oxidation sites excluding steroid dienone is 3. The number of hydrogen-bond donors (Lipinski definition) is 0. The van der Waals surface area contributed by atoms with E-state index < -0.39 is 0 Å². The van der Waals surface area contributed by atoms with Gasteiger partial charge in [-0.05, 0) is 37.8 Å². The molecule has 0 spiro atoms. The Balaban J connectivity index is 2.72. The van der Waals surface area contributed by atoms with Crippen LogP contribution in [0.25, 0.3) is 0 Å². The average Bonchev–Trinajstić information content (AvgIpc) is 2.04. The van der Waals surface area contributed by atoms with E-state index in [1.54, 1.807) is 0 Å². The minimum absolute atomic E-state index is 0.671. The van der Waals surface area contributed by atoms with Crippen LogP contribution in [0.1, 0.15) is 27.2 Å². The first kappa shape index (κ1) is 8.38. The maximum Gasteiger partial charge on any atom is 0.117 e. The normalized spacial score (nSPS) is 32.5. The third-order valence-corrected chi connectivity index (χ3v) is 2.02. The van der Waals surface area contributed by atoms with Crippen molar-refractivity contribution in [2.75, 3.05) is 6.61 Å². The Bertz CT molecular complexity index is 189. The molecule has 0 aliphatic carbocycles. The zero-order valence-electron chi connectivity index (χ0n) is 7.55. The van der Waals surface area contributed by atoms with Gasteiger partial charge in [0, 0.05) is 0 Å². The maximum atomic E-state index is 5.54. The summed E-state index contributed by atoms with van der Waals surface area (Å²) in [6.07, 6.45) is 5.35. The van der Waals surface area contributed by atoms with Crippen molar-refractivity contribution in [3.8, 4) is 0 Å². The number of rotatable bonds is 0. The van der Waals surface area contributed by atoms with Crippen molar-refractivity contribution >= 4 is 0 Å². The molecule has 1 nitrogen and oxygen atoms in total. The van der Waals surface area contributed by atoms with E-state index in [2.05, 4.69) is 19.9 Å². The fourth-order valence-electron chi connectivity index (χ4n) is 1.39. The van der Waals surface area contributed by atoms with Crippen LogP contribution in [0.15, 0.2) is 23.5 Å². The second-order valence-electron chi connectivity index (χ2n) is 3.09. The standard InChI is InChI=1S/C10H16O/c1-4-9-6-8(3)7-11-10(9)5-2/h4-5,8H,6-7H2,1-3H3/b9-4-,10-5+. The van der Waals surface area contributed by atoms with Crippen LogP contribution < -0.4 is 0 Å². The highest BCUT2D eigenvalue weighted by molar-refractivity contribution is 5.26. The summed E-state index contributed by atoms with van der Waals surface area (Å²) in [6.45, 7) is 7.18. The predicted molar refractivity (Wildman–Crippen MR) is 47.2 cm³/mol. The van der Waals surface area contributed by atoms with Gasteiger partial charge >= 0.3 is 0 Å². The van der Waals surface area contributed by atoms with Crippen LogP contribution in [0.2, 0.25) is 0 Å². The van der Waals surface area contributed by atoms with Crippen LogP contribution in [0.5, 0.6) is 0 Å². The number of hydrogen-bond acceptors (Lipinski definition) is 1. The molecule has 0 amide bonds. The van der Waals surface area contributed by atoms with E-state index >= 15 is 0 Å². The first-order chi connectivity index (χ1) is 5.27. The number of ether oxygens (including phenoxy) is 1. The van der Waals surface area contributed by atoms with Gasteiger partial charge in [0.15, 0.2) is 0 Å². The van der Waals surface area contributed by atoms with Gasteiger partial charge in [-0.25, -0.2) is 0 Å². The van der Waals surface area contributed by atoms with Gasteiger partial charge < -0.3 is 4.74 Å². The first-order valence-corrected chi connectivity index (χ1v) is 4.22. The topological polar surface area (TPSA) is 9.23 Å². The summed E-state index contributed by atoms with van der Waals surface area (Å²) in [5.41, 5.74) is 1.35. The molecule has 11 heavy (non-hydrogen) atoms. The summed E-state index contributed by atoms with van der Waals surface area (Å²) in [5, 5.41) is 0. The molecule has 0 bridgehead atoms. The quantitative estimate of drug-likeness (QED) is 0.518. The fourth-order valence-corrected chi connectivity index (χ4v) is 1.39. The van der Waals surface area contributed by atoms with Gasteiger partial charge in [-0.2, -0.15) is 0 Å². The summed E-state index contributed by atoms with van der Waals surface area (Å²) in [4.78, 5) is 0. The van der Waals surface area contributed by atoms with Crippen LogP contribution in [0, 0.1) is 5.92 Å². The van der Waals surface area contributed by atoms with Gasteiger partial charge in [0.1, 0.15) is 5.76 Å². The summed E-state index contributed by atoms with van der Waals surface area (Å²) in [7, 11) is 0. The molecular weight excluding hydrogens is 136 g/mol. The molecule has 1 unspecified atom stereocenters. The van der Waals surface area contributed by atoms with Crippen LogP contribution in [-0.2, 0) is 4.74 Å². The fraction of sp³-hybridized carbons (Fsp3) is 0.600. The van der Waals surface area contributed by atoms with E-state index in [0.717, 1.165) is 18.8 Å². The predicted octanol–water partition coefficient (Wildman–Crippen LogP) is 2.89. The van der Waals surface area contributed by atoms with E-state index in [1.165, 1.54) is 5.57 Å². The zero-order chi connectivity index (χ0) is 8.27. The molecule has 1 heteroatoms. The molecule has 0 saturated carbocycles. The monoisotopic (exact) mass is 152 g/mol. The molecule has 1 heterocycles. The Morgan fingerprint density at radius 3 is 2.64 bits per heavy atom. The highest BCUT2D eigenvalue weighted by atomic mass is 16.5. The second kappa shape index (κ2) is 3.61. The lowest BCUT2D eigenvalue weighted by molar-refractivity contribution is 0.151. The van der Waals surface area contributed by atoms with E-state index in [4.69, 9.17) is 4.74 Å². The average molecular weight is 152 g/mol. The van der Waals surface area contributed by atoms with Crippen molar-refractivity contribution < 1.29 is 4.74 Å². The summed E-state index contributed by atoms with van der Waals surface area (Å²) in [5.74, 6) is 1.75. The van der Waals surface area contributed by atoms with Crippen molar-refractivity contribution in [2.24, 2.45) is 5.92 Å². The molecule has 0 aromatic rings. The molecule has 1 atom stereocenters. The lowest BCUT2D eigenvalue weighted by atomic mass is 9.97. The molecule has 0 radical (unpaired) electrons. The SMILES string of the molecule is C/C=C1/CC(C)CO/C1=C/C.